The second-order valence-corrected chi connectivity index (χ2v) is 5.43. The molecule has 0 spiro atoms. The lowest BCUT2D eigenvalue weighted by Crippen LogP contribution is -1.94. The molecule has 1 rings (SSSR count). The number of phenols is 2. The maximum absolute atomic E-state index is 9.67. The molecule has 0 unspecified atom stereocenters. The zero-order valence-electron chi connectivity index (χ0n) is 7.31. The minimum absolute atomic E-state index is 0.00952. The molecule has 0 aliphatic carbocycles. The molecule has 4 heteroatoms. The van der Waals surface area contributed by atoms with Gasteiger partial charge in [0.15, 0.2) is 11.5 Å². The van der Waals surface area contributed by atoms with E-state index in [1.54, 1.807) is 0 Å². The fraction of sp³-hybridized carbons (Fsp3) is 0.333. The lowest BCUT2D eigenvalue weighted by Gasteiger charge is -2.13. The number of hydrogen-bond donors (Lipinski definition) is 2. The van der Waals surface area contributed by atoms with Crippen molar-refractivity contribution < 1.29 is 10.2 Å². The van der Waals surface area contributed by atoms with Crippen molar-refractivity contribution in [2.24, 2.45) is 0 Å². The SMILES string of the molecule is CC(C)c1c(I)cc(I)c(O)c1O. The number of rotatable bonds is 1. The third-order valence-corrected chi connectivity index (χ3v) is 3.51. The Morgan fingerprint density at radius 3 is 2.08 bits per heavy atom. The van der Waals surface area contributed by atoms with Crippen LogP contribution in [-0.4, -0.2) is 10.2 Å². The Morgan fingerprint density at radius 1 is 1.08 bits per heavy atom. The summed E-state index contributed by atoms with van der Waals surface area (Å²) in [5.74, 6) is 0.228. The highest BCUT2D eigenvalue weighted by molar-refractivity contribution is 14.1. The zero-order valence-corrected chi connectivity index (χ0v) is 11.6. The van der Waals surface area contributed by atoms with Gasteiger partial charge in [-0.15, -0.1) is 0 Å². The molecule has 1 aromatic rings. The van der Waals surface area contributed by atoms with E-state index in [1.165, 1.54) is 0 Å². The van der Waals surface area contributed by atoms with Gasteiger partial charge in [0.05, 0.1) is 3.57 Å². The van der Waals surface area contributed by atoms with Crippen LogP contribution in [-0.2, 0) is 0 Å². The van der Waals surface area contributed by atoms with Gasteiger partial charge >= 0.3 is 0 Å². The minimum atomic E-state index is -0.00952. The molecule has 13 heavy (non-hydrogen) atoms. The van der Waals surface area contributed by atoms with Crippen molar-refractivity contribution in [2.45, 2.75) is 19.8 Å². The Kier molecular flexibility index (Phi) is 3.67. The molecule has 0 fully saturated rings. The van der Waals surface area contributed by atoms with Gasteiger partial charge in [0, 0.05) is 9.13 Å². The first kappa shape index (κ1) is 11.4. The van der Waals surface area contributed by atoms with Gasteiger partial charge in [-0.05, 0) is 57.2 Å². The van der Waals surface area contributed by atoms with Crippen LogP contribution in [0.2, 0.25) is 0 Å². The molecule has 2 nitrogen and oxygen atoms in total. The molecule has 0 heterocycles. The van der Waals surface area contributed by atoms with E-state index in [0.29, 0.717) is 3.57 Å². The van der Waals surface area contributed by atoms with E-state index in [9.17, 15) is 10.2 Å². The van der Waals surface area contributed by atoms with Gasteiger partial charge in [0.2, 0.25) is 0 Å². The largest absolute Gasteiger partial charge is 0.504 e. The quantitative estimate of drug-likeness (QED) is 0.557. The van der Waals surface area contributed by atoms with Crippen LogP contribution in [0.15, 0.2) is 6.07 Å². The Morgan fingerprint density at radius 2 is 1.62 bits per heavy atom. The third kappa shape index (κ3) is 2.20. The molecule has 0 aromatic heterocycles. The second-order valence-electron chi connectivity index (χ2n) is 3.11. The lowest BCUT2D eigenvalue weighted by atomic mass is 10.0. The van der Waals surface area contributed by atoms with Crippen molar-refractivity contribution in [1.29, 1.82) is 0 Å². The maximum atomic E-state index is 9.67. The molecule has 0 atom stereocenters. The van der Waals surface area contributed by atoms with Crippen molar-refractivity contribution in [3.05, 3.63) is 18.8 Å². The molecule has 2 N–H and O–H groups in total. The smallest absolute Gasteiger partial charge is 0.171 e. The summed E-state index contributed by atoms with van der Waals surface area (Å²) < 4.78 is 1.68. The highest BCUT2D eigenvalue weighted by Gasteiger charge is 2.16. The summed E-state index contributed by atoms with van der Waals surface area (Å²) in [4.78, 5) is 0. The molecule has 0 radical (unpaired) electrons. The first-order valence-corrected chi connectivity index (χ1v) is 6.00. The minimum Gasteiger partial charge on any atom is -0.504 e. The average Bonchev–Trinajstić information content (AvgIpc) is 1.99. The van der Waals surface area contributed by atoms with Crippen molar-refractivity contribution in [3.63, 3.8) is 0 Å². The van der Waals surface area contributed by atoms with Crippen molar-refractivity contribution in [3.8, 4) is 11.5 Å². The van der Waals surface area contributed by atoms with Crippen LogP contribution in [0.1, 0.15) is 25.3 Å². The molecule has 1 aromatic carbocycles. The molecule has 0 amide bonds. The van der Waals surface area contributed by atoms with E-state index in [4.69, 9.17) is 0 Å². The molecule has 0 saturated carbocycles. The fourth-order valence-corrected chi connectivity index (χ4v) is 3.51. The summed E-state index contributed by atoms with van der Waals surface area (Å²) in [6.07, 6.45) is 0. The summed E-state index contributed by atoms with van der Waals surface area (Å²) in [5, 5.41) is 19.2. The molecule has 0 aliphatic heterocycles. The number of phenolic OH excluding ortho intramolecular Hbond substituents is 2. The van der Waals surface area contributed by atoms with E-state index in [-0.39, 0.29) is 17.4 Å². The van der Waals surface area contributed by atoms with E-state index >= 15 is 0 Å². The van der Waals surface area contributed by atoms with Crippen LogP contribution in [0, 0.1) is 7.14 Å². The molecule has 0 aliphatic rings. The standard InChI is InChI=1S/C9H10I2O2/c1-4(2)7-5(10)3-6(11)8(12)9(7)13/h3-4,12-13H,1-2H3. The van der Waals surface area contributed by atoms with Gasteiger partial charge in [-0.2, -0.15) is 0 Å². The lowest BCUT2D eigenvalue weighted by molar-refractivity contribution is 0.394. The van der Waals surface area contributed by atoms with Crippen LogP contribution < -0.4 is 0 Å². The van der Waals surface area contributed by atoms with Gasteiger partial charge < -0.3 is 10.2 Å². The van der Waals surface area contributed by atoms with Crippen molar-refractivity contribution in [2.75, 3.05) is 0 Å². The van der Waals surface area contributed by atoms with Crippen LogP contribution in [0.4, 0.5) is 0 Å². The predicted octanol–water partition coefficient (Wildman–Crippen LogP) is 3.43. The molecule has 72 valence electrons. The van der Waals surface area contributed by atoms with Crippen molar-refractivity contribution in [1.82, 2.24) is 0 Å². The topological polar surface area (TPSA) is 40.5 Å². The summed E-state index contributed by atoms with van der Waals surface area (Å²) in [6, 6.07) is 1.87. The first-order chi connectivity index (χ1) is 5.95. The number of benzene rings is 1. The van der Waals surface area contributed by atoms with Crippen LogP contribution >= 0.6 is 45.2 Å². The maximum Gasteiger partial charge on any atom is 0.171 e. The Balaban J connectivity index is 3.44. The van der Waals surface area contributed by atoms with Crippen LogP contribution in [0.5, 0.6) is 11.5 Å². The number of aromatic hydroxyl groups is 2. The molecular formula is C9H10I2O2. The van der Waals surface area contributed by atoms with Crippen molar-refractivity contribution >= 4 is 45.2 Å². The normalized spacial score (nSPS) is 10.8. The third-order valence-electron chi connectivity index (χ3n) is 1.79. The number of hydrogen-bond acceptors (Lipinski definition) is 2. The van der Waals surface area contributed by atoms with Crippen LogP contribution in [0.25, 0.3) is 0 Å². The van der Waals surface area contributed by atoms with Crippen LogP contribution in [0.3, 0.4) is 0 Å². The van der Waals surface area contributed by atoms with E-state index in [1.807, 2.05) is 42.5 Å². The Labute approximate surface area is 105 Å². The highest BCUT2D eigenvalue weighted by atomic mass is 127. The predicted molar refractivity (Wildman–Crippen MR) is 69.3 cm³/mol. The molecular weight excluding hydrogens is 394 g/mol. The van der Waals surface area contributed by atoms with Gasteiger partial charge in [0.25, 0.3) is 0 Å². The molecule has 0 bridgehead atoms. The van der Waals surface area contributed by atoms with Gasteiger partial charge in [0.1, 0.15) is 0 Å². The Bertz CT molecular complexity index is 335. The van der Waals surface area contributed by atoms with E-state index < -0.39 is 0 Å². The van der Waals surface area contributed by atoms with Gasteiger partial charge in [-0.3, -0.25) is 0 Å². The summed E-state index contributed by atoms with van der Waals surface area (Å²) >= 11 is 4.17. The summed E-state index contributed by atoms with van der Waals surface area (Å²) in [5.41, 5.74) is 0.818. The first-order valence-electron chi connectivity index (χ1n) is 3.85. The van der Waals surface area contributed by atoms with E-state index in [2.05, 4.69) is 22.6 Å². The second kappa shape index (κ2) is 4.20. The fourth-order valence-electron chi connectivity index (χ4n) is 1.16. The summed E-state index contributed by atoms with van der Waals surface area (Å²) in [7, 11) is 0. The monoisotopic (exact) mass is 404 g/mol. The number of halogens is 2. The summed E-state index contributed by atoms with van der Waals surface area (Å²) in [6.45, 7) is 3.98. The van der Waals surface area contributed by atoms with Gasteiger partial charge in [-0.25, -0.2) is 0 Å². The van der Waals surface area contributed by atoms with E-state index in [0.717, 1.165) is 9.13 Å². The Hall–Kier alpha value is 0.280. The highest BCUT2D eigenvalue weighted by Crippen LogP contribution is 2.40. The van der Waals surface area contributed by atoms with Gasteiger partial charge in [-0.1, -0.05) is 13.8 Å². The zero-order chi connectivity index (χ0) is 10.2. The average molecular weight is 404 g/mol. The molecule has 0 saturated heterocycles.